The number of hydrogen-bond donors (Lipinski definition) is 3. The van der Waals surface area contributed by atoms with Gasteiger partial charge in [-0.3, -0.25) is 14.6 Å². The van der Waals surface area contributed by atoms with Crippen LogP contribution in [0.3, 0.4) is 0 Å². The average Bonchev–Trinajstić information content (AvgIpc) is 2.61. The van der Waals surface area contributed by atoms with E-state index in [9.17, 15) is 22.8 Å². The van der Waals surface area contributed by atoms with Gasteiger partial charge in [0, 0.05) is 25.6 Å². The SMILES string of the molecule is CCNC(=O)CC1CCCCN1S(=O)(=O)c1ccc2[nH]c(=O)[nH]c(=O)c2c1. The van der Waals surface area contributed by atoms with Gasteiger partial charge in [-0.25, -0.2) is 13.2 Å². The smallest absolute Gasteiger partial charge is 0.326 e. The number of hydrogen-bond acceptors (Lipinski definition) is 5. The Hall–Kier alpha value is -2.46. The first-order valence-corrected chi connectivity index (χ1v) is 10.3. The summed E-state index contributed by atoms with van der Waals surface area (Å²) in [5.74, 6) is -0.183. The Labute approximate surface area is 155 Å². The van der Waals surface area contributed by atoms with Gasteiger partial charge in [-0.2, -0.15) is 4.31 Å². The van der Waals surface area contributed by atoms with E-state index >= 15 is 0 Å². The van der Waals surface area contributed by atoms with Crippen molar-refractivity contribution in [3.8, 4) is 0 Å². The van der Waals surface area contributed by atoms with Crippen LogP contribution in [0.4, 0.5) is 0 Å². The molecular weight excluding hydrogens is 372 g/mol. The number of aromatic amines is 2. The van der Waals surface area contributed by atoms with Crippen LogP contribution in [-0.4, -0.2) is 47.7 Å². The van der Waals surface area contributed by atoms with E-state index < -0.39 is 27.3 Å². The third kappa shape index (κ3) is 3.96. The highest BCUT2D eigenvalue weighted by atomic mass is 32.2. The number of sulfonamides is 1. The topological polar surface area (TPSA) is 132 Å². The lowest BCUT2D eigenvalue weighted by atomic mass is 10.0. The van der Waals surface area contributed by atoms with E-state index in [0.717, 1.165) is 6.42 Å². The van der Waals surface area contributed by atoms with Crippen molar-refractivity contribution in [3.63, 3.8) is 0 Å². The standard InChI is InChI=1S/C17H22N4O5S/c1-2-18-15(22)9-11-5-3-4-8-21(11)27(25,26)12-6-7-14-13(10-12)16(23)20-17(24)19-14/h6-7,10-11H,2-5,8-9H2,1H3,(H,18,22)(H2,19,20,23,24). The zero-order chi connectivity index (χ0) is 19.6. The van der Waals surface area contributed by atoms with E-state index in [2.05, 4.69) is 15.3 Å². The number of piperidine rings is 1. The number of fused-ring (bicyclic) bond motifs is 1. The second-order valence-corrected chi connectivity index (χ2v) is 8.43. The van der Waals surface area contributed by atoms with E-state index in [1.165, 1.54) is 22.5 Å². The van der Waals surface area contributed by atoms with Crippen LogP contribution in [0.5, 0.6) is 0 Å². The number of nitrogens with one attached hydrogen (secondary N) is 3. The summed E-state index contributed by atoms with van der Waals surface area (Å²) in [6.07, 6.45) is 2.29. The van der Waals surface area contributed by atoms with Crippen LogP contribution in [0.2, 0.25) is 0 Å². The lowest BCUT2D eigenvalue weighted by molar-refractivity contribution is -0.122. The van der Waals surface area contributed by atoms with Crippen molar-refractivity contribution in [2.45, 2.75) is 43.5 Å². The molecule has 1 unspecified atom stereocenters. The molecule has 0 bridgehead atoms. The molecular formula is C17H22N4O5S. The molecule has 1 fully saturated rings. The third-order valence-electron chi connectivity index (χ3n) is 4.69. The van der Waals surface area contributed by atoms with Gasteiger partial charge >= 0.3 is 5.69 Å². The van der Waals surface area contributed by atoms with Gasteiger partial charge in [-0.15, -0.1) is 0 Å². The molecule has 146 valence electrons. The van der Waals surface area contributed by atoms with Crippen LogP contribution >= 0.6 is 0 Å². The van der Waals surface area contributed by atoms with Crippen molar-refractivity contribution >= 4 is 26.8 Å². The molecule has 1 aliphatic heterocycles. The molecule has 27 heavy (non-hydrogen) atoms. The quantitative estimate of drug-likeness (QED) is 0.670. The van der Waals surface area contributed by atoms with Gasteiger partial charge in [0.05, 0.1) is 15.8 Å². The highest BCUT2D eigenvalue weighted by molar-refractivity contribution is 7.89. The van der Waals surface area contributed by atoms with Crippen molar-refractivity contribution in [3.05, 3.63) is 39.0 Å². The summed E-state index contributed by atoms with van der Waals surface area (Å²) in [5.41, 5.74) is -1.04. The molecule has 1 aliphatic rings. The van der Waals surface area contributed by atoms with E-state index in [1.807, 2.05) is 6.92 Å². The molecule has 0 spiro atoms. The molecule has 1 aromatic carbocycles. The molecule has 9 nitrogen and oxygen atoms in total. The summed E-state index contributed by atoms with van der Waals surface area (Å²) in [4.78, 5) is 39.8. The Kier molecular flexibility index (Phi) is 5.47. The summed E-state index contributed by atoms with van der Waals surface area (Å²) in [6.45, 7) is 2.63. The highest BCUT2D eigenvalue weighted by Gasteiger charge is 2.34. The third-order valence-corrected chi connectivity index (χ3v) is 6.63. The Morgan fingerprint density at radius 1 is 1.26 bits per heavy atom. The van der Waals surface area contributed by atoms with Crippen molar-refractivity contribution in [2.75, 3.05) is 13.1 Å². The lowest BCUT2D eigenvalue weighted by Crippen LogP contribution is -2.46. The Morgan fingerprint density at radius 3 is 2.78 bits per heavy atom. The lowest BCUT2D eigenvalue weighted by Gasteiger charge is -2.34. The summed E-state index contributed by atoms with van der Waals surface area (Å²) >= 11 is 0. The molecule has 1 atom stereocenters. The fourth-order valence-electron chi connectivity index (χ4n) is 3.42. The number of carbonyl (C=O) groups excluding carboxylic acids is 1. The fourth-order valence-corrected chi connectivity index (χ4v) is 5.14. The maximum atomic E-state index is 13.2. The first-order valence-electron chi connectivity index (χ1n) is 8.88. The molecule has 1 aromatic heterocycles. The number of rotatable bonds is 5. The number of aromatic nitrogens is 2. The van der Waals surface area contributed by atoms with Crippen molar-refractivity contribution in [2.24, 2.45) is 0 Å². The van der Waals surface area contributed by atoms with Gasteiger partial charge in [0.25, 0.3) is 5.56 Å². The Balaban J connectivity index is 1.98. The van der Waals surface area contributed by atoms with Gasteiger partial charge in [0.15, 0.2) is 0 Å². The minimum atomic E-state index is -3.88. The molecule has 0 radical (unpaired) electrons. The number of benzene rings is 1. The fraction of sp³-hybridized carbons (Fsp3) is 0.471. The number of H-pyrrole nitrogens is 2. The van der Waals surface area contributed by atoms with Gasteiger partial charge in [0.1, 0.15) is 0 Å². The first-order chi connectivity index (χ1) is 12.8. The van der Waals surface area contributed by atoms with Crippen LogP contribution in [0.15, 0.2) is 32.7 Å². The average molecular weight is 394 g/mol. The molecule has 3 N–H and O–H groups in total. The molecule has 1 amide bonds. The second kappa shape index (κ2) is 7.65. The van der Waals surface area contributed by atoms with E-state index in [0.29, 0.717) is 25.9 Å². The molecule has 1 saturated heterocycles. The van der Waals surface area contributed by atoms with Crippen molar-refractivity contribution < 1.29 is 13.2 Å². The summed E-state index contributed by atoms with van der Waals surface area (Å²) in [6, 6.07) is 3.61. The molecule has 2 heterocycles. The monoisotopic (exact) mass is 394 g/mol. The molecule has 10 heteroatoms. The minimum Gasteiger partial charge on any atom is -0.356 e. The zero-order valence-electron chi connectivity index (χ0n) is 14.9. The molecule has 0 saturated carbocycles. The zero-order valence-corrected chi connectivity index (χ0v) is 15.8. The number of nitrogens with zero attached hydrogens (tertiary/aromatic N) is 1. The van der Waals surface area contributed by atoms with Crippen LogP contribution in [0.25, 0.3) is 10.9 Å². The van der Waals surface area contributed by atoms with Crippen molar-refractivity contribution in [1.29, 1.82) is 0 Å². The second-order valence-electron chi connectivity index (χ2n) is 6.54. The van der Waals surface area contributed by atoms with Crippen LogP contribution < -0.4 is 16.6 Å². The van der Waals surface area contributed by atoms with E-state index in [4.69, 9.17) is 0 Å². The normalized spacial score (nSPS) is 18.5. The number of amides is 1. The summed E-state index contributed by atoms with van der Waals surface area (Å²) in [7, 11) is -3.88. The predicted molar refractivity (Wildman–Crippen MR) is 100 cm³/mol. The minimum absolute atomic E-state index is 0.0321. The predicted octanol–water partition coefficient (Wildman–Crippen LogP) is 0.286. The Bertz CT molecular complexity index is 1070. The largest absolute Gasteiger partial charge is 0.356 e. The van der Waals surface area contributed by atoms with Gasteiger partial charge in [-0.1, -0.05) is 6.42 Å². The molecule has 3 rings (SSSR count). The van der Waals surface area contributed by atoms with E-state index in [-0.39, 0.29) is 28.1 Å². The van der Waals surface area contributed by atoms with Crippen LogP contribution in [0.1, 0.15) is 32.6 Å². The highest BCUT2D eigenvalue weighted by Crippen LogP contribution is 2.28. The van der Waals surface area contributed by atoms with Crippen LogP contribution in [-0.2, 0) is 14.8 Å². The molecule has 0 aliphatic carbocycles. The van der Waals surface area contributed by atoms with Crippen LogP contribution in [0, 0.1) is 0 Å². The van der Waals surface area contributed by atoms with Crippen molar-refractivity contribution in [1.82, 2.24) is 19.6 Å². The first kappa shape index (κ1) is 19.3. The van der Waals surface area contributed by atoms with Gasteiger partial charge < -0.3 is 10.3 Å². The van der Waals surface area contributed by atoms with E-state index in [1.54, 1.807) is 0 Å². The molecule has 2 aromatic rings. The maximum absolute atomic E-state index is 13.2. The van der Waals surface area contributed by atoms with Gasteiger partial charge in [0.2, 0.25) is 15.9 Å². The summed E-state index contributed by atoms with van der Waals surface area (Å²) in [5, 5.41) is 2.79. The summed E-state index contributed by atoms with van der Waals surface area (Å²) < 4.78 is 27.7. The Morgan fingerprint density at radius 2 is 2.04 bits per heavy atom. The van der Waals surface area contributed by atoms with Gasteiger partial charge in [-0.05, 0) is 38.0 Å². The number of carbonyl (C=O) groups is 1. The maximum Gasteiger partial charge on any atom is 0.326 e.